The Labute approximate surface area is 167 Å². The van der Waals surface area contributed by atoms with E-state index in [4.69, 9.17) is 16.3 Å². The molecular formula is C21H21ClN4O2. The van der Waals surface area contributed by atoms with Crippen LogP contribution in [0.15, 0.2) is 36.5 Å². The van der Waals surface area contributed by atoms with Crippen molar-refractivity contribution in [3.63, 3.8) is 0 Å². The number of anilines is 1. The Balaban J connectivity index is 1.47. The molecule has 7 heteroatoms. The summed E-state index contributed by atoms with van der Waals surface area (Å²) in [5, 5.41) is 12.3. The summed E-state index contributed by atoms with van der Waals surface area (Å²) in [6.07, 6.45) is 3.81. The lowest BCUT2D eigenvalue weighted by Gasteiger charge is -2.22. The average Bonchev–Trinajstić information content (AvgIpc) is 3.34. The molecule has 0 radical (unpaired) electrons. The molecule has 0 saturated carbocycles. The van der Waals surface area contributed by atoms with E-state index in [2.05, 4.69) is 21.8 Å². The summed E-state index contributed by atoms with van der Waals surface area (Å²) in [7, 11) is 0. The first-order valence-electron chi connectivity index (χ1n) is 9.57. The molecule has 0 aliphatic carbocycles. The minimum atomic E-state index is -0.176. The second-order valence-electron chi connectivity index (χ2n) is 7.38. The van der Waals surface area contributed by atoms with Crippen molar-refractivity contribution in [1.82, 2.24) is 15.1 Å². The number of nitrogens with one attached hydrogen (secondary N) is 2. The van der Waals surface area contributed by atoms with Gasteiger partial charge in [0.05, 0.1) is 17.1 Å². The van der Waals surface area contributed by atoms with Crippen LogP contribution >= 0.6 is 11.6 Å². The summed E-state index contributed by atoms with van der Waals surface area (Å²) >= 11 is 6.29. The number of nitrogens with zero attached hydrogens (tertiary/aromatic N) is 2. The smallest absolute Gasteiger partial charge is 0.256 e. The Morgan fingerprint density at radius 2 is 2.00 bits per heavy atom. The van der Waals surface area contributed by atoms with Crippen LogP contribution in [0.4, 0.5) is 5.69 Å². The van der Waals surface area contributed by atoms with Crippen molar-refractivity contribution in [2.24, 2.45) is 0 Å². The van der Waals surface area contributed by atoms with Gasteiger partial charge < -0.3 is 15.4 Å². The maximum Gasteiger partial charge on any atom is 0.256 e. The van der Waals surface area contributed by atoms with Gasteiger partial charge in [0.2, 0.25) is 0 Å². The Kier molecular flexibility index (Phi) is 4.55. The number of amides is 1. The van der Waals surface area contributed by atoms with Gasteiger partial charge >= 0.3 is 0 Å². The summed E-state index contributed by atoms with van der Waals surface area (Å²) in [6, 6.07) is 9.84. The number of ether oxygens (including phenoxy) is 1. The van der Waals surface area contributed by atoms with Crippen molar-refractivity contribution in [2.75, 3.05) is 18.5 Å². The Morgan fingerprint density at radius 3 is 2.86 bits per heavy atom. The number of rotatable bonds is 3. The van der Waals surface area contributed by atoms with E-state index >= 15 is 0 Å². The molecule has 1 aromatic heterocycles. The minimum absolute atomic E-state index is 0.176. The molecule has 6 nitrogen and oxygen atoms in total. The third kappa shape index (κ3) is 3.28. The molecule has 2 aromatic carbocycles. The van der Waals surface area contributed by atoms with E-state index in [1.165, 1.54) is 11.1 Å². The topological polar surface area (TPSA) is 68.2 Å². The van der Waals surface area contributed by atoms with Crippen molar-refractivity contribution < 1.29 is 9.53 Å². The molecule has 2 N–H and O–H groups in total. The van der Waals surface area contributed by atoms with Crippen molar-refractivity contribution in [1.29, 1.82) is 0 Å². The van der Waals surface area contributed by atoms with Gasteiger partial charge in [-0.2, -0.15) is 5.10 Å². The normalized spacial score (nSPS) is 17.0. The molecule has 0 spiro atoms. The number of aromatic nitrogens is 2. The Morgan fingerprint density at radius 1 is 1.18 bits per heavy atom. The van der Waals surface area contributed by atoms with Gasteiger partial charge in [-0.25, -0.2) is 0 Å². The summed E-state index contributed by atoms with van der Waals surface area (Å²) < 4.78 is 7.40. The number of fused-ring (bicyclic) bond motifs is 2. The Bertz CT molecular complexity index is 1060. The van der Waals surface area contributed by atoms with Gasteiger partial charge in [0.15, 0.2) is 0 Å². The number of halogens is 1. The second kappa shape index (κ2) is 7.20. The first-order chi connectivity index (χ1) is 13.7. The number of hydrogen-bond donors (Lipinski definition) is 2. The van der Waals surface area contributed by atoms with E-state index in [9.17, 15) is 4.79 Å². The zero-order valence-corrected chi connectivity index (χ0v) is 16.1. The van der Waals surface area contributed by atoms with Gasteiger partial charge in [-0.05, 0) is 48.2 Å². The SMILES string of the molecule is O=C(Nc1ccc2c(c1)CNC2)c1cc(Cl)cc2nn(C3CCOCC3)cc12. The highest BCUT2D eigenvalue weighted by Crippen LogP contribution is 2.28. The maximum atomic E-state index is 13.0. The summed E-state index contributed by atoms with van der Waals surface area (Å²) in [5.41, 5.74) is 4.57. The molecular weight excluding hydrogens is 376 g/mol. The minimum Gasteiger partial charge on any atom is -0.381 e. The van der Waals surface area contributed by atoms with Crippen molar-refractivity contribution >= 4 is 34.1 Å². The number of hydrogen-bond acceptors (Lipinski definition) is 4. The van der Waals surface area contributed by atoms with Crippen molar-refractivity contribution in [2.45, 2.75) is 32.0 Å². The molecule has 2 aliphatic heterocycles. The van der Waals surface area contributed by atoms with Gasteiger partial charge in [-0.15, -0.1) is 0 Å². The van der Waals surface area contributed by atoms with E-state index < -0.39 is 0 Å². The predicted molar refractivity (Wildman–Crippen MR) is 109 cm³/mol. The van der Waals surface area contributed by atoms with Crippen molar-refractivity contribution in [3.8, 4) is 0 Å². The molecule has 1 saturated heterocycles. The summed E-state index contributed by atoms with van der Waals surface area (Å²) in [4.78, 5) is 13.0. The van der Waals surface area contributed by atoms with Crippen LogP contribution in [0, 0.1) is 0 Å². The van der Waals surface area contributed by atoms with E-state index in [0.717, 1.165) is 55.7 Å². The van der Waals surface area contributed by atoms with Crippen LogP contribution in [-0.2, 0) is 17.8 Å². The maximum absolute atomic E-state index is 13.0. The highest BCUT2D eigenvalue weighted by molar-refractivity contribution is 6.32. The largest absolute Gasteiger partial charge is 0.381 e. The van der Waals surface area contributed by atoms with Crippen LogP contribution < -0.4 is 10.6 Å². The second-order valence-corrected chi connectivity index (χ2v) is 7.82. The first kappa shape index (κ1) is 17.7. The van der Waals surface area contributed by atoms with Crippen LogP contribution in [0.2, 0.25) is 5.02 Å². The van der Waals surface area contributed by atoms with Gasteiger partial charge in [-0.3, -0.25) is 9.48 Å². The summed E-state index contributed by atoms with van der Waals surface area (Å²) in [5.74, 6) is -0.176. The third-order valence-electron chi connectivity index (χ3n) is 5.51. The van der Waals surface area contributed by atoms with Crippen LogP contribution in [-0.4, -0.2) is 28.9 Å². The standard InChI is InChI=1S/C21H21ClN4O2/c22-15-8-18(21(27)24-16-2-1-13-10-23-11-14(13)7-16)19-12-26(25-20(19)9-15)17-3-5-28-6-4-17/h1-2,7-9,12,17,23H,3-6,10-11H2,(H,24,27). The monoisotopic (exact) mass is 396 g/mol. The number of carbonyl (C=O) groups excluding carboxylic acids is 1. The van der Waals surface area contributed by atoms with Crippen molar-refractivity contribution in [3.05, 3.63) is 58.2 Å². The lowest BCUT2D eigenvalue weighted by molar-refractivity contribution is 0.0664. The fourth-order valence-corrected chi connectivity index (χ4v) is 4.22. The summed E-state index contributed by atoms with van der Waals surface area (Å²) in [6.45, 7) is 3.19. The molecule has 5 rings (SSSR count). The van der Waals surface area contributed by atoms with Crippen LogP contribution in [0.5, 0.6) is 0 Å². The predicted octanol–water partition coefficient (Wildman–Crippen LogP) is 3.90. The number of benzene rings is 2. The van der Waals surface area contributed by atoms with Crippen LogP contribution in [0.25, 0.3) is 10.9 Å². The molecule has 1 amide bonds. The van der Waals surface area contributed by atoms with Gasteiger partial charge in [0.25, 0.3) is 5.91 Å². The third-order valence-corrected chi connectivity index (χ3v) is 5.73. The lowest BCUT2D eigenvalue weighted by atomic mass is 10.1. The van der Waals surface area contributed by atoms with E-state index in [-0.39, 0.29) is 5.91 Å². The Hall–Kier alpha value is -2.41. The molecule has 3 aromatic rings. The first-order valence-corrected chi connectivity index (χ1v) is 9.95. The van der Waals surface area contributed by atoms with E-state index in [1.54, 1.807) is 6.07 Å². The molecule has 0 unspecified atom stereocenters. The molecule has 3 heterocycles. The number of carbonyl (C=O) groups is 1. The fraction of sp³-hybridized carbons (Fsp3) is 0.333. The van der Waals surface area contributed by atoms with E-state index in [0.29, 0.717) is 16.6 Å². The quantitative estimate of drug-likeness (QED) is 0.704. The van der Waals surface area contributed by atoms with Gasteiger partial charge in [0, 0.05) is 48.6 Å². The van der Waals surface area contributed by atoms with Gasteiger partial charge in [0.1, 0.15) is 0 Å². The molecule has 2 aliphatic rings. The fourth-order valence-electron chi connectivity index (χ4n) is 4.00. The van der Waals surface area contributed by atoms with Crippen LogP contribution in [0.1, 0.15) is 40.4 Å². The molecule has 1 fully saturated rings. The molecule has 0 atom stereocenters. The highest BCUT2D eigenvalue weighted by Gasteiger charge is 2.20. The zero-order chi connectivity index (χ0) is 19.1. The lowest BCUT2D eigenvalue weighted by Crippen LogP contribution is -2.19. The molecule has 0 bridgehead atoms. The highest BCUT2D eigenvalue weighted by atomic mass is 35.5. The zero-order valence-electron chi connectivity index (χ0n) is 15.4. The molecule has 28 heavy (non-hydrogen) atoms. The van der Waals surface area contributed by atoms with Gasteiger partial charge in [-0.1, -0.05) is 17.7 Å². The van der Waals surface area contributed by atoms with Crippen LogP contribution in [0.3, 0.4) is 0 Å². The average molecular weight is 397 g/mol. The van der Waals surface area contributed by atoms with E-state index in [1.807, 2.05) is 29.1 Å². The molecule has 144 valence electrons.